The molecule has 122 valence electrons. The molecule has 1 saturated heterocycles. The zero-order valence-electron chi connectivity index (χ0n) is 13.0. The molecule has 0 aliphatic carbocycles. The van der Waals surface area contributed by atoms with E-state index in [1.165, 1.54) is 12.3 Å². The lowest BCUT2D eigenvalue weighted by Crippen LogP contribution is -2.35. The molecule has 1 aliphatic heterocycles. The summed E-state index contributed by atoms with van der Waals surface area (Å²) in [5.41, 5.74) is -0.00478. The lowest BCUT2D eigenvalue weighted by molar-refractivity contribution is -0.385. The van der Waals surface area contributed by atoms with E-state index in [0.29, 0.717) is 18.4 Å². The number of nitro groups is 1. The first-order valence-corrected chi connectivity index (χ1v) is 7.41. The third kappa shape index (κ3) is 3.22. The van der Waals surface area contributed by atoms with Gasteiger partial charge in [0.2, 0.25) is 5.89 Å². The average Bonchev–Trinajstić information content (AvgIpc) is 3.05. The second-order valence-electron chi connectivity index (χ2n) is 5.74. The number of rotatable bonds is 4. The van der Waals surface area contributed by atoms with Crippen LogP contribution in [0.4, 0.5) is 17.5 Å². The SMILES string of the molecule is CN(C)c1noc(C2CCCN(c3ccc([N+](=O)[O-])cn3)C2)n1. The summed E-state index contributed by atoms with van der Waals surface area (Å²) < 4.78 is 5.36. The van der Waals surface area contributed by atoms with Crippen LogP contribution in [0.3, 0.4) is 0 Å². The molecule has 0 spiro atoms. The molecule has 3 heterocycles. The predicted octanol–water partition coefficient (Wildman–Crippen LogP) is 1.82. The van der Waals surface area contributed by atoms with E-state index in [1.54, 1.807) is 11.0 Å². The molecular formula is C14H18N6O3. The quantitative estimate of drug-likeness (QED) is 0.621. The Morgan fingerprint density at radius 3 is 2.87 bits per heavy atom. The molecule has 0 bridgehead atoms. The van der Waals surface area contributed by atoms with E-state index in [2.05, 4.69) is 20.0 Å². The monoisotopic (exact) mass is 318 g/mol. The van der Waals surface area contributed by atoms with Crippen LogP contribution in [0.2, 0.25) is 0 Å². The largest absolute Gasteiger partial charge is 0.356 e. The van der Waals surface area contributed by atoms with Crippen molar-refractivity contribution >= 4 is 17.5 Å². The van der Waals surface area contributed by atoms with E-state index in [-0.39, 0.29) is 11.6 Å². The number of hydrogen-bond donors (Lipinski definition) is 0. The van der Waals surface area contributed by atoms with Crippen molar-refractivity contribution in [2.45, 2.75) is 18.8 Å². The van der Waals surface area contributed by atoms with Crippen molar-refractivity contribution in [2.24, 2.45) is 0 Å². The summed E-state index contributed by atoms with van der Waals surface area (Å²) >= 11 is 0. The molecule has 0 saturated carbocycles. The van der Waals surface area contributed by atoms with Gasteiger partial charge in [0, 0.05) is 33.3 Å². The van der Waals surface area contributed by atoms with Gasteiger partial charge in [-0.15, -0.1) is 0 Å². The van der Waals surface area contributed by atoms with Crippen molar-refractivity contribution in [3.63, 3.8) is 0 Å². The molecule has 23 heavy (non-hydrogen) atoms. The molecule has 1 aliphatic rings. The fourth-order valence-corrected chi connectivity index (χ4v) is 2.63. The smallest absolute Gasteiger partial charge is 0.287 e. The Morgan fingerprint density at radius 2 is 2.26 bits per heavy atom. The Hall–Kier alpha value is -2.71. The summed E-state index contributed by atoms with van der Waals surface area (Å²) in [5.74, 6) is 2.06. The molecule has 9 heteroatoms. The van der Waals surface area contributed by atoms with Crippen molar-refractivity contribution < 1.29 is 9.45 Å². The van der Waals surface area contributed by atoms with E-state index in [9.17, 15) is 10.1 Å². The molecule has 1 unspecified atom stereocenters. The molecule has 2 aromatic heterocycles. The van der Waals surface area contributed by atoms with Crippen LogP contribution >= 0.6 is 0 Å². The standard InChI is InChI=1S/C14H18N6O3/c1-18(2)14-16-13(23-17-14)10-4-3-7-19(9-10)12-6-5-11(8-15-12)20(21)22/h5-6,8,10H,3-4,7,9H2,1-2H3. The molecule has 1 fully saturated rings. The third-order valence-corrected chi connectivity index (χ3v) is 3.87. The van der Waals surface area contributed by atoms with E-state index in [0.717, 1.165) is 25.2 Å². The summed E-state index contributed by atoms with van der Waals surface area (Å²) in [6.45, 7) is 1.57. The first-order chi connectivity index (χ1) is 11.0. The zero-order valence-corrected chi connectivity index (χ0v) is 13.0. The highest BCUT2D eigenvalue weighted by Crippen LogP contribution is 2.29. The summed E-state index contributed by atoms with van der Waals surface area (Å²) in [6, 6.07) is 3.16. The van der Waals surface area contributed by atoms with Crippen LogP contribution in [0.1, 0.15) is 24.7 Å². The van der Waals surface area contributed by atoms with Crippen LogP contribution in [0.5, 0.6) is 0 Å². The van der Waals surface area contributed by atoms with E-state index in [1.807, 2.05) is 14.1 Å². The average molecular weight is 318 g/mol. The fraction of sp³-hybridized carbons (Fsp3) is 0.500. The summed E-state index contributed by atoms with van der Waals surface area (Å²) in [5, 5.41) is 14.7. The fourth-order valence-electron chi connectivity index (χ4n) is 2.63. The van der Waals surface area contributed by atoms with Crippen molar-refractivity contribution in [3.05, 3.63) is 34.3 Å². The van der Waals surface area contributed by atoms with E-state index >= 15 is 0 Å². The third-order valence-electron chi connectivity index (χ3n) is 3.87. The minimum absolute atomic E-state index is 0.00478. The molecule has 0 radical (unpaired) electrons. The second-order valence-corrected chi connectivity index (χ2v) is 5.74. The van der Waals surface area contributed by atoms with Crippen LogP contribution in [0.25, 0.3) is 0 Å². The molecule has 9 nitrogen and oxygen atoms in total. The predicted molar refractivity (Wildman–Crippen MR) is 83.7 cm³/mol. The molecule has 0 N–H and O–H groups in total. The number of pyridine rings is 1. The minimum atomic E-state index is -0.447. The molecule has 2 aromatic rings. The maximum Gasteiger partial charge on any atom is 0.287 e. The summed E-state index contributed by atoms with van der Waals surface area (Å²) in [6.07, 6.45) is 3.23. The molecule has 0 aromatic carbocycles. The van der Waals surface area contributed by atoms with E-state index < -0.39 is 4.92 Å². The topological polar surface area (TPSA) is 101 Å². The molecule has 0 amide bonds. The van der Waals surface area contributed by atoms with Gasteiger partial charge < -0.3 is 14.3 Å². The lowest BCUT2D eigenvalue weighted by Gasteiger charge is -2.31. The number of hydrogen-bond acceptors (Lipinski definition) is 8. The van der Waals surface area contributed by atoms with Gasteiger partial charge in [-0.05, 0) is 24.1 Å². The van der Waals surface area contributed by atoms with Gasteiger partial charge >= 0.3 is 0 Å². The van der Waals surface area contributed by atoms with E-state index in [4.69, 9.17) is 4.52 Å². The van der Waals surface area contributed by atoms with Crippen LogP contribution in [0.15, 0.2) is 22.9 Å². The van der Waals surface area contributed by atoms with Crippen LogP contribution in [-0.4, -0.2) is 47.2 Å². The van der Waals surface area contributed by atoms with Gasteiger partial charge in [0.05, 0.1) is 10.8 Å². The highest BCUT2D eigenvalue weighted by Gasteiger charge is 2.27. The Balaban J connectivity index is 1.73. The van der Waals surface area contributed by atoms with Crippen molar-refractivity contribution in [2.75, 3.05) is 37.0 Å². The number of aromatic nitrogens is 3. The van der Waals surface area contributed by atoms with Gasteiger partial charge in [-0.3, -0.25) is 10.1 Å². The van der Waals surface area contributed by atoms with Gasteiger partial charge in [-0.2, -0.15) is 4.98 Å². The highest BCUT2D eigenvalue weighted by atomic mass is 16.6. The molecular weight excluding hydrogens is 300 g/mol. The number of piperidine rings is 1. The first-order valence-electron chi connectivity index (χ1n) is 7.41. The van der Waals surface area contributed by atoms with Gasteiger partial charge in [-0.25, -0.2) is 4.98 Å². The van der Waals surface area contributed by atoms with Crippen LogP contribution < -0.4 is 9.80 Å². The van der Waals surface area contributed by atoms with Gasteiger partial charge in [-0.1, -0.05) is 0 Å². The molecule has 1 atom stereocenters. The van der Waals surface area contributed by atoms with Crippen LogP contribution in [-0.2, 0) is 0 Å². The Bertz CT molecular complexity index is 684. The number of anilines is 2. The Morgan fingerprint density at radius 1 is 1.43 bits per heavy atom. The Labute approximate surface area is 133 Å². The zero-order chi connectivity index (χ0) is 16.4. The lowest BCUT2D eigenvalue weighted by atomic mass is 9.98. The highest BCUT2D eigenvalue weighted by molar-refractivity contribution is 5.43. The number of nitrogens with zero attached hydrogens (tertiary/aromatic N) is 6. The van der Waals surface area contributed by atoms with Gasteiger partial charge in [0.15, 0.2) is 0 Å². The maximum atomic E-state index is 10.7. The maximum absolute atomic E-state index is 10.7. The summed E-state index contributed by atoms with van der Waals surface area (Å²) in [4.78, 5) is 22.8. The van der Waals surface area contributed by atoms with Crippen LogP contribution in [0, 0.1) is 10.1 Å². The Kier molecular flexibility index (Phi) is 4.09. The van der Waals surface area contributed by atoms with Crippen molar-refractivity contribution in [1.82, 2.24) is 15.1 Å². The minimum Gasteiger partial charge on any atom is -0.356 e. The van der Waals surface area contributed by atoms with Gasteiger partial charge in [0.1, 0.15) is 12.0 Å². The first kappa shape index (κ1) is 15.2. The van der Waals surface area contributed by atoms with Crippen molar-refractivity contribution in [1.29, 1.82) is 0 Å². The molecule has 3 rings (SSSR count). The normalized spacial score (nSPS) is 18.0. The second kappa shape index (κ2) is 6.19. The van der Waals surface area contributed by atoms with Crippen molar-refractivity contribution in [3.8, 4) is 0 Å². The van der Waals surface area contributed by atoms with Gasteiger partial charge in [0.25, 0.3) is 11.6 Å². The summed E-state index contributed by atoms with van der Waals surface area (Å²) in [7, 11) is 3.73.